The first kappa shape index (κ1) is 12.3. The van der Waals surface area contributed by atoms with E-state index in [9.17, 15) is 14.4 Å². The SMILES string of the molecule is O=C1NC(=O)C2(N3CC(c4ccccn4)NC3=O)CC1C2. The van der Waals surface area contributed by atoms with E-state index in [2.05, 4.69) is 15.6 Å². The van der Waals surface area contributed by atoms with Gasteiger partial charge in [0.25, 0.3) is 5.91 Å². The predicted molar refractivity (Wildman–Crippen MR) is 70.8 cm³/mol. The molecule has 7 nitrogen and oxygen atoms in total. The Kier molecular flexibility index (Phi) is 2.36. The molecule has 5 rings (SSSR count). The van der Waals surface area contributed by atoms with Crippen molar-refractivity contribution in [2.45, 2.75) is 24.4 Å². The van der Waals surface area contributed by atoms with Crippen LogP contribution < -0.4 is 10.6 Å². The molecule has 1 saturated carbocycles. The molecule has 1 atom stereocenters. The average molecular weight is 286 g/mol. The number of nitrogens with one attached hydrogen (secondary N) is 2. The average Bonchev–Trinajstić information content (AvgIpc) is 2.81. The zero-order chi connectivity index (χ0) is 14.6. The second-order valence-electron chi connectivity index (χ2n) is 5.82. The van der Waals surface area contributed by atoms with Crippen LogP contribution in [0.5, 0.6) is 0 Å². The molecule has 0 spiro atoms. The molecule has 0 radical (unpaired) electrons. The summed E-state index contributed by atoms with van der Waals surface area (Å²) in [6, 6.07) is 5.03. The third kappa shape index (κ3) is 1.60. The summed E-state index contributed by atoms with van der Waals surface area (Å²) in [6.07, 6.45) is 2.54. The first-order chi connectivity index (χ1) is 10.1. The maximum atomic E-state index is 12.2. The van der Waals surface area contributed by atoms with Crippen molar-refractivity contribution < 1.29 is 14.4 Å². The number of nitrogens with zero attached hydrogens (tertiary/aromatic N) is 2. The van der Waals surface area contributed by atoms with Crippen LogP contribution in [0.15, 0.2) is 24.4 Å². The van der Waals surface area contributed by atoms with Crippen molar-refractivity contribution in [3.05, 3.63) is 30.1 Å². The lowest BCUT2D eigenvalue weighted by atomic mass is 9.63. The van der Waals surface area contributed by atoms with E-state index in [-0.39, 0.29) is 29.8 Å². The van der Waals surface area contributed by atoms with Gasteiger partial charge in [-0.1, -0.05) is 6.07 Å². The largest absolute Gasteiger partial charge is 0.328 e. The molecule has 1 unspecified atom stereocenters. The number of carbonyl (C=O) groups excluding carboxylic acids is 3. The van der Waals surface area contributed by atoms with Gasteiger partial charge in [0, 0.05) is 18.7 Å². The molecule has 21 heavy (non-hydrogen) atoms. The molecule has 2 bridgehead atoms. The third-order valence-corrected chi connectivity index (χ3v) is 4.67. The summed E-state index contributed by atoms with van der Waals surface area (Å²) in [6.45, 7) is 0.393. The minimum Gasteiger partial charge on any atom is -0.328 e. The fraction of sp³-hybridized carbons (Fsp3) is 0.429. The third-order valence-electron chi connectivity index (χ3n) is 4.67. The van der Waals surface area contributed by atoms with E-state index >= 15 is 0 Å². The Bertz CT molecular complexity index is 639. The van der Waals surface area contributed by atoms with Gasteiger partial charge in [-0.15, -0.1) is 0 Å². The van der Waals surface area contributed by atoms with E-state index in [1.165, 1.54) is 0 Å². The number of hydrogen-bond acceptors (Lipinski definition) is 4. The van der Waals surface area contributed by atoms with Gasteiger partial charge in [0.2, 0.25) is 5.91 Å². The van der Waals surface area contributed by atoms with Crippen LogP contribution in [0.2, 0.25) is 0 Å². The Balaban J connectivity index is 1.59. The topological polar surface area (TPSA) is 91.4 Å². The minimum absolute atomic E-state index is 0.149. The van der Waals surface area contributed by atoms with Crippen LogP contribution in [0.1, 0.15) is 24.6 Å². The molecule has 7 heteroatoms. The van der Waals surface area contributed by atoms with Crippen molar-refractivity contribution in [3.63, 3.8) is 0 Å². The number of fused-ring (bicyclic) bond motifs is 2. The summed E-state index contributed by atoms with van der Waals surface area (Å²) in [5.74, 6) is -0.723. The number of urea groups is 1. The molecular weight excluding hydrogens is 272 g/mol. The molecule has 4 amide bonds. The van der Waals surface area contributed by atoms with Crippen LogP contribution in [0.3, 0.4) is 0 Å². The monoisotopic (exact) mass is 286 g/mol. The second-order valence-corrected chi connectivity index (χ2v) is 5.82. The number of hydrogen-bond donors (Lipinski definition) is 2. The zero-order valence-corrected chi connectivity index (χ0v) is 11.2. The van der Waals surface area contributed by atoms with E-state index in [0.717, 1.165) is 5.69 Å². The number of piperidine rings is 2. The number of imide groups is 1. The maximum absolute atomic E-state index is 12.2. The summed E-state index contributed by atoms with van der Waals surface area (Å²) in [4.78, 5) is 41.7. The fourth-order valence-electron chi connectivity index (χ4n) is 3.46. The van der Waals surface area contributed by atoms with Gasteiger partial charge in [-0.2, -0.15) is 0 Å². The van der Waals surface area contributed by atoms with Crippen LogP contribution in [0, 0.1) is 5.92 Å². The molecule has 2 N–H and O–H groups in total. The van der Waals surface area contributed by atoms with Gasteiger partial charge in [-0.25, -0.2) is 4.79 Å². The maximum Gasteiger partial charge on any atom is 0.318 e. The second kappa shape index (κ2) is 4.03. The highest BCUT2D eigenvalue weighted by atomic mass is 16.2. The van der Waals surface area contributed by atoms with Gasteiger partial charge in [0.1, 0.15) is 5.54 Å². The van der Waals surface area contributed by atoms with Crippen molar-refractivity contribution in [1.82, 2.24) is 20.5 Å². The highest BCUT2D eigenvalue weighted by molar-refractivity contribution is 6.08. The zero-order valence-electron chi connectivity index (χ0n) is 11.2. The minimum atomic E-state index is -0.855. The lowest BCUT2D eigenvalue weighted by Gasteiger charge is -2.53. The Morgan fingerprint density at radius 3 is 2.71 bits per heavy atom. The molecular formula is C14H14N4O3. The Hall–Kier alpha value is -2.44. The molecule has 3 saturated heterocycles. The Morgan fingerprint density at radius 1 is 1.24 bits per heavy atom. The number of pyridine rings is 1. The number of rotatable bonds is 2. The lowest BCUT2D eigenvalue weighted by molar-refractivity contribution is -0.159. The summed E-state index contributed by atoms with van der Waals surface area (Å²) in [7, 11) is 0. The predicted octanol–water partition coefficient (Wildman–Crippen LogP) is -0.0469. The van der Waals surface area contributed by atoms with Crippen LogP contribution in [-0.4, -0.2) is 39.8 Å². The smallest absolute Gasteiger partial charge is 0.318 e. The molecule has 108 valence electrons. The number of carbonyl (C=O) groups is 3. The molecule has 1 aromatic heterocycles. The molecule has 1 aromatic rings. The van der Waals surface area contributed by atoms with Gasteiger partial charge in [-0.3, -0.25) is 19.9 Å². The van der Waals surface area contributed by atoms with E-state index < -0.39 is 5.54 Å². The summed E-state index contributed by atoms with van der Waals surface area (Å²) < 4.78 is 0. The quantitative estimate of drug-likeness (QED) is 0.746. The molecule has 3 aliphatic heterocycles. The van der Waals surface area contributed by atoms with E-state index in [1.807, 2.05) is 18.2 Å². The highest BCUT2D eigenvalue weighted by Crippen LogP contribution is 2.47. The van der Waals surface area contributed by atoms with Crippen molar-refractivity contribution in [3.8, 4) is 0 Å². The normalized spacial score (nSPS) is 34.3. The summed E-state index contributed by atoms with van der Waals surface area (Å²) >= 11 is 0. The van der Waals surface area contributed by atoms with Gasteiger partial charge in [-0.05, 0) is 25.0 Å². The summed E-state index contributed by atoms with van der Waals surface area (Å²) in [5.41, 5.74) is -0.0838. The van der Waals surface area contributed by atoms with Gasteiger partial charge < -0.3 is 10.2 Å². The van der Waals surface area contributed by atoms with Gasteiger partial charge in [0.05, 0.1) is 11.7 Å². The molecule has 4 aliphatic rings. The molecule has 4 heterocycles. The molecule has 0 aromatic carbocycles. The Labute approximate surface area is 120 Å². The van der Waals surface area contributed by atoms with E-state index in [4.69, 9.17) is 0 Å². The number of aromatic nitrogens is 1. The first-order valence-corrected chi connectivity index (χ1v) is 6.94. The highest BCUT2D eigenvalue weighted by Gasteiger charge is 2.63. The lowest BCUT2D eigenvalue weighted by Crippen LogP contribution is -2.73. The molecule has 4 fully saturated rings. The van der Waals surface area contributed by atoms with E-state index in [0.29, 0.717) is 19.4 Å². The Morgan fingerprint density at radius 2 is 2.05 bits per heavy atom. The van der Waals surface area contributed by atoms with Crippen molar-refractivity contribution in [1.29, 1.82) is 0 Å². The summed E-state index contributed by atoms with van der Waals surface area (Å²) in [5, 5.41) is 5.22. The van der Waals surface area contributed by atoms with Crippen molar-refractivity contribution in [2.75, 3.05) is 6.54 Å². The van der Waals surface area contributed by atoms with Gasteiger partial charge >= 0.3 is 6.03 Å². The van der Waals surface area contributed by atoms with Crippen LogP contribution in [-0.2, 0) is 9.59 Å². The first-order valence-electron chi connectivity index (χ1n) is 6.94. The van der Waals surface area contributed by atoms with Crippen molar-refractivity contribution in [2.24, 2.45) is 5.92 Å². The van der Waals surface area contributed by atoms with Crippen LogP contribution in [0.25, 0.3) is 0 Å². The fourth-order valence-corrected chi connectivity index (χ4v) is 3.46. The molecule has 1 aliphatic carbocycles. The standard InChI is InChI=1S/C14H14N4O3/c19-11-8-5-14(6-8,12(20)17-11)18-7-10(16-13(18)21)9-3-1-2-4-15-9/h1-4,8,10H,5-7H2,(H,16,21)(H,17,19,20). The van der Waals surface area contributed by atoms with E-state index in [1.54, 1.807) is 11.1 Å². The van der Waals surface area contributed by atoms with Gasteiger partial charge in [0.15, 0.2) is 0 Å². The van der Waals surface area contributed by atoms with Crippen molar-refractivity contribution >= 4 is 17.8 Å². The number of amides is 4. The van der Waals surface area contributed by atoms with Crippen LogP contribution >= 0.6 is 0 Å². The van der Waals surface area contributed by atoms with Crippen LogP contribution in [0.4, 0.5) is 4.79 Å².